The van der Waals surface area contributed by atoms with E-state index in [1.807, 2.05) is 12.1 Å². The zero-order valence-electron chi connectivity index (χ0n) is 11.5. The third-order valence-electron chi connectivity index (χ3n) is 3.18. The van der Waals surface area contributed by atoms with E-state index in [2.05, 4.69) is 32.2 Å². The smallest absolute Gasteiger partial charge is 0.127 e. The second-order valence-electron chi connectivity index (χ2n) is 5.15. The Labute approximate surface area is 109 Å². The predicted octanol–water partition coefficient (Wildman–Crippen LogP) is 3.15. The lowest BCUT2D eigenvalue weighted by atomic mass is 10.1. The molecule has 1 heterocycles. The van der Waals surface area contributed by atoms with Crippen LogP contribution in [-0.4, -0.2) is 19.8 Å². The maximum Gasteiger partial charge on any atom is 0.127 e. The highest BCUT2D eigenvalue weighted by molar-refractivity contribution is 5.45. The standard InChI is InChI=1S/C15H23NO2/c1-4-16-14-10-18-15-9-12(5-6-13(14)15)17-8-7-11(2)3/h5-6,9,11,14,16H,4,7-8,10H2,1-3H3. The van der Waals surface area contributed by atoms with E-state index in [1.54, 1.807) is 0 Å². The summed E-state index contributed by atoms with van der Waals surface area (Å²) >= 11 is 0. The van der Waals surface area contributed by atoms with Crippen molar-refractivity contribution >= 4 is 0 Å². The summed E-state index contributed by atoms with van der Waals surface area (Å²) in [6.07, 6.45) is 1.08. The van der Waals surface area contributed by atoms with Crippen molar-refractivity contribution in [1.29, 1.82) is 0 Å². The van der Waals surface area contributed by atoms with Crippen molar-refractivity contribution < 1.29 is 9.47 Å². The molecule has 0 bridgehead atoms. The van der Waals surface area contributed by atoms with Gasteiger partial charge in [-0.3, -0.25) is 0 Å². The summed E-state index contributed by atoms with van der Waals surface area (Å²) in [6.45, 7) is 8.97. The molecule has 18 heavy (non-hydrogen) atoms. The number of hydrogen-bond donors (Lipinski definition) is 1. The summed E-state index contributed by atoms with van der Waals surface area (Å²) in [6, 6.07) is 6.49. The first-order valence-corrected chi connectivity index (χ1v) is 6.83. The third kappa shape index (κ3) is 3.16. The molecule has 3 nitrogen and oxygen atoms in total. The fraction of sp³-hybridized carbons (Fsp3) is 0.600. The molecular formula is C15H23NO2. The maximum absolute atomic E-state index is 5.74. The van der Waals surface area contributed by atoms with Gasteiger partial charge in [0, 0.05) is 11.6 Å². The van der Waals surface area contributed by atoms with Crippen LogP contribution in [0.2, 0.25) is 0 Å². The van der Waals surface area contributed by atoms with Crippen molar-refractivity contribution in [2.75, 3.05) is 19.8 Å². The van der Waals surface area contributed by atoms with Gasteiger partial charge in [0.2, 0.25) is 0 Å². The van der Waals surface area contributed by atoms with Crippen LogP contribution >= 0.6 is 0 Å². The molecule has 1 aliphatic rings. The molecule has 1 unspecified atom stereocenters. The molecule has 1 atom stereocenters. The predicted molar refractivity (Wildman–Crippen MR) is 73.3 cm³/mol. The summed E-state index contributed by atoms with van der Waals surface area (Å²) in [5, 5.41) is 3.41. The van der Waals surface area contributed by atoms with E-state index in [0.29, 0.717) is 12.0 Å². The van der Waals surface area contributed by atoms with Gasteiger partial charge in [-0.25, -0.2) is 0 Å². The highest BCUT2D eigenvalue weighted by Crippen LogP contribution is 2.35. The van der Waals surface area contributed by atoms with Gasteiger partial charge in [0.15, 0.2) is 0 Å². The lowest BCUT2D eigenvalue weighted by Crippen LogP contribution is -2.21. The Balaban J connectivity index is 1.96. The zero-order chi connectivity index (χ0) is 13.0. The van der Waals surface area contributed by atoms with Gasteiger partial charge in [0.1, 0.15) is 18.1 Å². The first kappa shape index (κ1) is 13.2. The second-order valence-corrected chi connectivity index (χ2v) is 5.15. The zero-order valence-corrected chi connectivity index (χ0v) is 11.5. The molecule has 0 aromatic heterocycles. The molecule has 0 radical (unpaired) electrons. The van der Waals surface area contributed by atoms with Gasteiger partial charge in [0.05, 0.1) is 12.6 Å². The van der Waals surface area contributed by atoms with E-state index in [9.17, 15) is 0 Å². The number of likely N-dealkylation sites (N-methyl/N-ethyl adjacent to an activating group) is 1. The molecule has 0 spiro atoms. The number of nitrogens with one attached hydrogen (secondary N) is 1. The van der Waals surface area contributed by atoms with Crippen LogP contribution in [0.1, 0.15) is 38.8 Å². The molecule has 0 amide bonds. The fourth-order valence-electron chi connectivity index (χ4n) is 2.11. The Hall–Kier alpha value is -1.22. The third-order valence-corrected chi connectivity index (χ3v) is 3.18. The molecule has 1 aliphatic heterocycles. The normalized spacial score (nSPS) is 17.7. The Bertz CT molecular complexity index is 390. The molecule has 1 N–H and O–H groups in total. The lowest BCUT2D eigenvalue weighted by molar-refractivity contribution is 0.285. The topological polar surface area (TPSA) is 30.5 Å². The minimum absolute atomic E-state index is 0.328. The SMILES string of the molecule is CCNC1COc2cc(OCCC(C)C)ccc21. The summed E-state index contributed by atoms with van der Waals surface area (Å²) in [5.41, 5.74) is 1.24. The van der Waals surface area contributed by atoms with Gasteiger partial charge in [-0.1, -0.05) is 20.8 Å². The average molecular weight is 249 g/mol. The van der Waals surface area contributed by atoms with Crippen molar-refractivity contribution in [3.63, 3.8) is 0 Å². The van der Waals surface area contributed by atoms with Crippen molar-refractivity contribution in [3.05, 3.63) is 23.8 Å². The lowest BCUT2D eigenvalue weighted by Gasteiger charge is -2.11. The minimum Gasteiger partial charge on any atom is -0.493 e. The number of ether oxygens (including phenoxy) is 2. The Morgan fingerprint density at radius 1 is 1.44 bits per heavy atom. The number of fused-ring (bicyclic) bond motifs is 1. The van der Waals surface area contributed by atoms with Gasteiger partial charge in [-0.05, 0) is 31.0 Å². The first-order chi connectivity index (χ1) is 8.70. The van der Waals surface area contributed by atoms with Gasteiger partial charge in [0.25, 0.3) is 0 Å². The molecule has 0 aliphatic carbocycles. The molecule has 100 valence electrons. The quantitative estimate of drug-likeness (QED) is 0.840. The van der Waals surface area contributed by atoms with Crippen LogP contribution in [0, 0.1) is 5.92 Å². The van der Waals surface area contributed by atoms with Crippen LogP contribution in [0.25, 0.3) is 0 Å². The second kappa shape index (κ2) is 6.10. The van der Waals surface area contributed by atoms with E-state index in [-0.39, 0.29) is 0 Å². The van der Waals surface area contributed by atoms with E-state index < -0.39 is 0 Å². The van der Waals surface area contributed by atoms with Crippen LogP contribution in [0.3, 0.4) is 0 Å². The summed E-state index contributed by atoms with van der Waals surface area (Å²) in [5.74, 6) is 2.54. The largest absolute Gasteiger partial charge is 0.493 e. The fourth-order valence-corrected chi connectivity index (χ4v) is 2.11. The van der Waals surface area contributed by atoms with Gasteiger partial charge in [-0.15, -0.1) is 0 Å². The van der Waals surface area contributed by atoms with E-state index in [1.165, 1.54) is 5.56 Å². The van der Waals surface area contributed by atoms with Crippen molar-refractivity contribution in [2.45, 2.75) is 33.2 Å². The van der Waals surface area contributed by atoms with Crippen molar-refractivity contribution in [1.82, 2.24) is 5.32 Å². The molecule has 2 rings (SSSR count). The first-order valence-electron chi connectivity index (χ1n) is 6.83. The highest BCUT2D eigenvalue weighted by atomic mass is 16.5. The molecule has 0 saturated carbocycles. The van der Waals surface area contributed by atoms with Crippen LogP contribution in [0.15, 0.2) is 18.2 Å². The molecule has 0 saturated heterocycles. The van der Waals surface area contributed by atoms with Crippen molar-refractivity contribution in [3.8, 4) is 11.5 Å². The van der Waals surface area contributed by atoms with Gasteiger partial charge in [-0.2, -0.15) is 0 Å². The summed E-state index contributed by atoms with van der Waals surface area (Å²) in [7, 11) is 0. The van der Waals surface area contributed by atoms with E-state index >= 15 is 0 Å². The van der Waals surface area contributed by atoms with Gasteiger partial charge < -0.3 is 14.8 Å². The van der Waals surface area contributed by atoms with Crippen LogP contribution in [0.4, 0.5) is 0 Å². The number of rotatable bonds is 6. The monoisotopic (exact) mass is 249 g/mol. The maximum atomic E-state index is 5.74. The molecule has 0 fully saturated rings. The van der Waals surface area contributed by atoms with Crippen LogP contribution < -0.4 is 14.8 Å². The van der Waals surface area contributed by atoms with E-state index in [0.717, 1.165) is 37.7 Å². The minimum atomic E-state index is 0.328. The van der Waals surface area contributed by atoms with Crippen molar-refractivity contribution in [2.24, 2.45) is 5.92 Å². The van der Waals surface area contributed by atoms with Gasteiger partial charge >= 0.3 is 0 Å². The summed E-state index contributed by atoms with van der Waals surface area (Å²) < 4.78 is 11.4. The van der Waals surface area contributed by atoms with E-state index in [4.69, 9.17) is 9.47 Å². The Kier molecular flexibility index (Phi) is 4.48. The van der Waals surface area contributed by atoms with Crippen LogP contribution in [0.5, 0.6) is 11.5 Å². The highest BCUT2D eigenvalue weighted by Gasteiger charge is 2.23. The molecule has 1 aromatic rings. The molecule has 3 heteroatoms. The number of benzene rings is 1. The molecular weight excluding hydrogens is 226 g/mol. The number of hydrogen-bond acceptors (Lipinski definition) is 3. The Morgan fingerprint density at radius 2 is 2.28 bits per heavy atom. The summed E-state index contributed by atoms with van der Waals surface area (Å²) in [4.78, 5) is 0. The molecule has 1 aromatic carbocycles. The Morgan fingerprint density at radius 3 is 3.00 bits per heavy atom. The van der Waals surface area contributed by atoms with Crippen LogP contribution in [-0.2, 0) is 0 Å². The average Bonchev–Trinajstić information content (AvgIpc) is 2.72.